The van der Waals surface area contributed by atoms with E-state index in [2.05, 4.69) is 29.8 Å². The Morgan fingerprint density at radius 1 is 1.38 bits per heavy atom. The van der Waals surface area contributed by atoms with E-state index >= 15 is 0 Å². The second-order valence-corrected chi connectivity index (χ2v) is 5.65. The Morgan fingerprint density at radius 3 is 2.86 bits per heavy atom. The van der Waals surface area contributed by atoms with E-state index < -0.39 is 0 Å². The van der Waals surface area contributed by atoms with Crippen molar-refractivity contribution in [1.82, 2.24) is 14.9 Å². The van der Waals surface area contributed by atoms with Crippen molar-refractivity contribution in [3.8, 4) is 0 Å². The van der Waals surface area contributed by atoms with Crippen LogP contribution in [0.15, 0.2) is 24.3 Å². The van der Waals surface area contributed by atoms with Crippen LogP contribution in [0.25, 0.3) is 11.0 Å². The monoisotopic (exact) mass is 288 g/mol. The fourth-order valence-electron chi connectivity index (χ4n) is 2.41. The summed E-state index contributed by atoms with van der Waals surface area (Å²) in [5.41, 5.74) is 7.48. The van der Waals surface area contributed by atoms with Gasteiger partial charge in [0.05, 0.1) is 11.0 Å². The maximum Gasteiger partial charge on any atom is 0.221 e. The summed E-state index contributed by atoms with van der Waals surface area (Å²) in [6.07, 6.45) is 1.37. The average molecular weight is 288 g/mol. The van der Waals surface area contributed by atoms with Crippen molar-refractivity contribution in [2.45, 2.75) is 33.2 Å². The van der Waals surface area contributed by atoms with Gasteiger partial charge in [-0.1, -0.05) is 26.0 Å². The molecule has 1 heterocycles. The maximum atomic E-state index is 11.8. The van der Waals surface area contributed by atoms with E-state index in [1.807, 2.05) is 18.2 Å². The molecule has 1 aromatic carbocycles. The van der Waals surface area contributed by atoms with Crippen molar-refractivity contribution in [1.29, 1.82) is 0 Å². The Bertz CT molecular complexity index is 603. The predicted molar refractivity (Wildman–Crippen MR) is 85.0 cm³/mol. The number of nitrogens with one attached hydrogen (secondary N) is 1. The Kier molecular flexibility index (Phi) is 5.33. The molecule has 0 radical (unpaired) electrons. The van der Waals surface area contributed by atoms with Crippen molar-refractivity contribution in [2.24, 2.45) is 11.7 Å². The first kappa shape index (κ1) is 15.5. The first-order chi connectivity index (χ1) is 10.1. The zero-order chi connectivity index (χ0) is 15.2. The van der Waals surface area contributed by atoms with E-state index in [4.69, 9.17) is 10.7 Å². The van der Waals surface area contributed by atoms with Crippen molar-refractivity contribution in [3.63, 3.8) is 0 Å². The van der Waals surface area contributed by atoms with Crippen molar-refractivity contribution >= 4 is 16.9 Å². The fraction of sp³-hybridized carbons (Fsp3) is 0.500. The molecule has 0 saturated heterocycles. The van der Waals surface area contributed by atoms with Gasteiger partial charge in [-0.2, -0.15) is 0 Å². The van der Waals surface area contributed by atoms with E-state index in [9.17, 15) is 4.79 Å². The third-order valence-corrected chi connectivity index (χ3v) is 3.35. The van der Waals surface area contributed by atoms with E-state index in [0.717, 1.165) is 23.3 Å². The molecule has 1 amide bonds. The normalized spacial score (nSPS) is 11.2. The molecule has 0 spiro atoms. The van der Waals surface area contributed by atoms with Gasteiger partial charge in [0.1, 0.15) is 5.82 Å². The molecule has 5 nitrogen and oxygen atoms in total. The minimum Gasteiger partial charge on any atom is -0.355 e. The van der Waals surface area contributed by atoms with Crippen LogP contribution in [0.3, 0.4) is 0 Å². The molecule has 21 heavy (non-hydrogen) atoms. The standard InChI is InChI=1S/C16H24N4O/c1-12(2)11-15-19-13-5-3-4-6-14(13)20(15)10-7-16(21)18-9-8-17/h3-6,12H,7-11,17H2,1-2H3,(H,18,21). The highest BCUT2D eigenvalue weighted by atomic mass is 16.1. The number of para-hydroxylation sites is 2. The molecule has 2 aromatic rings. The van der Waals surface area contributed by atoms with Crippen LogP contribution in [0, 0.1) is 5.92 Å². The number of aryl methyl sites for hydroxylation is 1. The SMILES string of the molecule is CC(C)Cc1nc2ccccc2n1CCC(=O)NCCN. The summed E-state index contributed by atoms with van der Waals surface area (Å²) in [6.45, 7) is 6.01. The number of benzene rings is 1. The van der Waals surface area contributed by atoms with Crippen LogP contribution in [0.2, 0.25) is 0 Å². The van der Waals surface area contributed by atoms with Crippen LogP contribution in [0.4, 0.5) is 0 Å². The van der Waals surface area contributed by atoms with Crippen LogP contribution >= 0.6 is 0 Å². The molecule has 0 bridgehead atoms. The second-order valence-electron chi connectivity index (χ2n) is 5.65. The molecular formula is C16H24N4O. The van der Waals surface area contributed by atoms with Crippen LogP contribution in [-0.4, -0.2) is 28.5 Å². The number of nitrogens with zero attached hydrogens (tertiary/aromatic N) is 2. The minimum atomic E-state index is 0.0359. The van der Waals surface area contributed by atoms with Gasteiger partial charge in [0.2, 0.25) is 5.91 Å². The quantitative estimate of drug-likeness (QED) is 0.814. The number of imidazole rings is 1. The highest BCUT2D eigenvalue weighted by Gasteiger charge is 2.12. The Labute approximate surface area is 125 Å². The van der Waals surface area contributed by atoms with Gasteiger partial charge in [0, 0.05) is 32.5 Å². The van der Waals surface area contributed by atoms with Gasteiger partial charge in [-0.3, -0.25) is 4.79 Å². The summed E-state index contributed by atoms with van der Waals surface area (Å²) < 4.78 is 2.16. The topological polar surface area (TPSA) is 72.9 Å². The smallest absolute Gasteiger partial charge is 0.221 e. The lowest BCUT2D eigenvalue weighted by Crippen LogP contribution is -2.29. The summed E-state index contributed by atoms with van der Waals surface area (Å²) in [6, 6.07) is 8.08. The Morgan fingerprint density at radius 2 is 2.14 bits per heavy atom. The summed E-state index contributed by atoms with van der Waals surface area (Å²) in [7, 11) is 0. The number of hydrogen-bond donors (Lipinski definition) is 2. The molecule has 0 aliphatic carbocycles. The molecular weight excluding hydrogens is 264 g/mol. The highest BCUT2D eigenvalue weighted by Crippen LogP contribution is 2.18. The van der Waals surface area contributed by atoms with Crippen molar-refractivity contribution in [3.05, 3.63) is 30.1 Å². The minimum absolute atomic E-state index is 0.0359. The van der Waals surface area contributed by atoms with Gasteiger partial charge in [-0.25, -0.2) is 4.98 Å². The number of fused-ring (bicyclic) bond motifs is 1. The largest absolute Gasteiger partial charge is 0.355 e. The summed E-state index contributed by atoms with van der Waals surface area (Å²) >= 11 is 0. The summed E-state index contributed by atoms with van der Waals surface area (Å²) in [5.74, 6) is 1.62. The molecule has 2 rings (SSSR count). The lowest BCUT2D eigenvalue weighted by atomic mass is 10.1. The summed E-state index contributed by atoms with van der Waals surface area (Å²) in [5, 5.41) is 2.81. The molecule has 0 fully saturated rings. The Hall–Kier alpha value is -1.88. The zero-order valence-electron chi connectivity index (χ0n) is 12.8. The fourth-order valence-corrected chi connectivity index (χ4v) is 2.41. The first-order valence-corrected chi connectivity index (χ1v) is 7.52. The zero-order valence-corrected chi connectivity index (χ0v) is 12.8. The molecule has 0 atom stereocenters. The number of amides is 1. The van der Waals surface area contributed by atoms with Gasteiger partial charge in [0.15, 0.2) is 0 Å². The number of hydrogen-bond acceptors (Lipinski definition) is 3. The van der Waals surface area contributed by atoms with E-state index in [1.165, 1.54) is 0 Å². The number of nitrogens with two attached hydrogens (primary N) is 1. The molecule has 0 aliphatic rings. The summed E-state index contributed by atoms with van der Waals surface area (Å²) in [4.78, 5) is 16.5. The molecule has 1 aromatic heterocycles. The van der Waals surface area contributed by atoms with Gasteiger partial charge in [-0.05, 0) is 18.1 Å². The third-order valence-electron chi connectivity index (χ3n) is 3.35. The van der Waals surface area contributed by atoms with E-state index in [1.54, 1.807) is 0 Å². The Balaban J connectivity index is 2.17. The van der Waals surface area contributed by atoms with Gasteiger partial charge in [-0.15, -0.1) is 0 Å². The van der Waals surface area contributed by atoms with Gasteiger partial charge in [0.25, 0.3) is 0 Å². The molecule has 0 unspecified atom stereocenters. The molecule has 5 heteroatoms. The van der Waals surface area contributed by atoms with Crippen LogP contribution < -0.4 is 11.1 Å². The molecule has 3 N–H and O–H groups in total. The molecule has 0 aliphatic heterocycles. The van der Waals surface area contributed by atoms with Crippen LogP contribution in [0.5, 0.6) is 0 Å². The maximum absolute atomic E-state index is 11.8. The van der Waals surface area contributed by atoms with Gasteiger partial charge >= 0.3 is 0 Å². The number of rotatable bonds is 7. The lowest BCUT2D eigenvalue weighted by molar-refractivity contribution is -0.121. The first-order valence-electron chi connectivity index (χ1n) is 7.52. The van der Waals surface area contributed by atoms with Crippen LogP contribution in [-0.2, 0) is 17.8 Å². The van der Waals surface area contributed by atoms with Crippen LogP contribution in [0.1, 0.15) is 26.1 Å². The van der Waals surface area contributed by atoms with Crippen molar-refractivity contribution < 1.29 is 4.79 Å². The highest BCUT2D eigenvalue weighted by molar-refractivity contribution is 5.78. The lowest BCUT2D eigenvalue weighted by Gasteiger charge is -2.11. The molecule has 0 saturated carbocycles. The average Bonchev–Trinajstić information content (AvgIpc) is 2.79. The number of aromatic nitrogens is 2. The second kappa shape index (κ2) is 7.22. The predicted octanol–water partition coefficient (Wildman–Crippen LogP) is 1.70. The third kappa shape index (κ3) is 4.04. The number of carbonyl (C=O) groups is 1. The van der Waals surface area contributed by atoms with Crippen molar-refractivity contribution in [2.75, 3.05) is 13.1 Å². The van der Waals surface area contributed by atoms with Gasteiger partial charge < -0.3 is 15.6 Å². The molecule has 114 valence electrons. The van der Waals surface area contributed by atoms with E-state index in [-0.39, 0.29) is 5.91 Å². The van der Waals surface area contributed by atoms with E-state index in [0.29, 0.717) is 32.0 Å². The number of carbonyl (C=O) groups excluding carboxylic acids is 1.